The number of carbonyl (C=O) groups is 1. The fourth-order valence-electron chi connectivity index (χ4n) is 2.26. The van der Waals surface area contributed by atoms with E-state index in [2.05, 4.69) is 10.4 Å². The van der Waals surface area contributed by atoms with Crippen molar-refractivity contribution in [3.05, 3.63) is 77.1 Å². The van der Waals surface area contributed by atoms with Crippen LogP contribution in [0.25, 0.3) is 0 Å². The second-order valence-electron chi connectivity index (χ2n) is 5.20. The molecular weight excluding hydrogens is 326 g/mol. The summed E-state index contributed by atoms with van der Waals surface area (Å²) < 4.78 is 6.81. The molecule has 122 valence electrons. The third-order valence-electron chi connectivity index (χ3n) is 3.53. The SMILES string of the molecule is COc1ccc(C(=O)Nc2cnn(Cc3ccccc3Cl)c2)cc1. The molecule has 0 unspecified atom stereocenters. The van der Waals surface area contributed by atoms with Gasteiger partial charge in [-0.05, 0) is 35.9 Å². The molecule has 0 aliphatic carbocycles. The van der Waals surface area contributed by atoms with E-state index in [0.717, 1.165) is 5.56 Å². The molecule has 2 aromatic carbocycles. The monoisotopic (exact) mass is 341 g/mol. The van der Waals surface area contributed by atoms with Crippen molar-refractivity contribution in [3.8, 4) is 5.75 Å². The van der Waals surface area contributed by atoms with Crippen LogP contribution in [0.4, 0.5) is 5.69 Å². The predicted octanol–water partition coefficient (Wildman–Crippen LogP) is 3.85. The highest BCUT2D eigenvalue weighted by molar-refractivity contribution is 6.31. The van der Waals surface area contributed by atoms with Crippen LogP contribution in [0.5, 0.6) is 5.75 Å². The van der Waals surface area contributed by atoms with E-state index in [0.29, 0.717) is 28.6 Å². The first-order valence-electron chi connectivity index (χ1n) is 7.37. The number of nitrogens with zero attached hydrogens (tertiary/aromatic N) is 2. The van der Waals surface area contributed by atoms with Crippen LogP contribution in [0.3, 0.4) is 0 Å². The molecule has 3 aromatic rings. The van der Waals surface area contributed by atoms with Crippen molar-refractivity contribution in [2.45, 2.75) is 6.54 Å². The standard InChI is InChI=1S/C18H16ClN3O2/c1-24-16-8-6-13(7-9-16)18(23)21-15-10-20-22(12-15)11-14-4-2-3-5-17(14)19/h2-10,12H,11H2,1H3,(H,21,23). The molecule has 0 bridgehead atoms. The Morgan fingerprint density at radius 1 is 1.21 bits per heavy atom. The smallest absolute Gasteiger partial charge is 0.255 e. The molecule has 0 saturated heterocycles. The van der Waals surface area contributed by atoms with Crippen LogP contribution in [0, 0.1) is 0 Å². The molecule has 0 aliphatic rings. The predicted molar refractivity (Wildman–Crippen MR) is 93.7 cm³/mol. The van der Waals surface area contributed by atoms with Crippen LogP contribution < -0.4 is 10.1 Å². The van der Waals surface area contributed by atoms with Gasteiger partial charge in [-0.2, -0.15) is 5.10 Å². The van der Waals surface area contributed by atoms with E-state index in [9.17, 15) is 4.79 Å². The van der Waals surface area contributed by atoms with E-state index in [-0.39, 0.29) is 5.91 Å². The van der Waals surface area contributed by atoms with Crippen molar-refractivity contribution in [2.75, 3.05) is 12.4 Å². The van der Waals surface area contributed by atoms with E-state index < -0.39 is 0 Å². The number of carbonyl (C=O) groups excluding carboxylic acids is 1. The van der Waals surface area contributed by atoms with Crippen LogP contribution in [0.1, 0.15) is 15.9 Å². The normalized spacial score (nSPS) is 10.4. The van der Waals surface area contributed by atoms with Gasteiger partial charge in [-0.3, -0.25) is 9.48 Å². The van der Waals surface area contributed by atoms with Gasteiger partial charge in [-0.15, -0.1) is 0 Å². The average molecular weight is 342 g/mol. The van der Waals surface area contributed by atoms with Crippen molar-refractivity contribution in [3.63, 3.8) is 0 Å². The molecule has 1 aromatic heterocycles. The molecular formula is C18H16ClN3O2. The lowest BCUT2D eigenvalue weighted by molar-refractivity contribution is 0.102. The number of ether oxygens (including phenoxy) is 1. The van der Waals surface area contributed by atoms with Gasteiger partial charge in [0.2, 0.25) is 0 Å². The fourth-order valence-corrected chi connectivity index (χ4v) is 2.46. The Kier molecular flexibility index (Phi) is 4.82. The molecule has 0 radical (unpaired) electrons. The summed E-state index contributed by atoms with van der Waals surface area (Å²) >= 11 is 6.15. The van der Waals surface area contributed by atoms with Crippen LogP contribution in [-0.2, 0) is 6.54 Å². The Bertz CT molecular complexity index is 843. The summed E-state index contributed by atoms with van der Waals surface area (Å²) in [5.74, 6) is 0.508. The van der Waals surface area contributed by atoms with Crippen LogP contribution >= 0.6 is 11.6 Å². The second-order valence-corrected chi connectivity index (χ2v) is 5.61. The summed E-state index contributed by atoms with van der Waals surface area (Å²) in [7, 11) is 1.59. The van der Waals surface area contributed by atoms with Crippen molar-refractivity contribution in [1.82, 2.24) is 9.78 Å². The molecule has 0 spiro atoms. The molecule has 3 rings (SSSR count). The quantitative estimate of drug-likeness (QED) is 0.767. The summed E-state index contributed by atoms with van der Waals surface area (Å²) in [6.07, 6.45) is 3.38. The van der Waals surface area contributed by atoms with Gasteiger partial charge in [0, 0.05) is 16.8 Å². The van der Waals surface area contributed by atoms with Gasteiger partial charge >= 0.3 is 0 Å². The molecule has 0 fully saturated rings. The van der Waals surface area contributed by atoms with Crippen LogP contribution in [-0.4, -0.2) is 22.8 Å². The van der Waals surface area contributed by atoms with Crippen molar-refractivity contribution >= 4 is 23.2 Å². The number of hydrogen-bond donors (Lipinski definition) is 1. The second kappa shape index (κ2) is 7.19. The highest BCUT2D eigenvalue weighted by Gasteiger charge is 2.08. The maximum atomic E-state index is 12.2. The number of anilines is 1. The molecule has 24 heavy (non-hydrogen) atoms. The Labute approximate surface area is 144 Å². The molecule has 0 atom stereocenters. The zero-order chi connectivity index (χ0) is 16.9. The largest absolute Gasteiger partial charge is 0.497 e. The third kappa shape index (κ3) is 3.75. The fraction of sp³-hybridized carbons (Fsp3) is 0.111. The first kappa shape index (κ1) is 16.1. The van der Waals surface area contributed by atoms with E-state index in [1.807, 2.05) is 24.3 Å². The number of benzene rings is 2. The first-order valence-corrected chi connectivity index (χ1v) is 7.75. The third-order valence-corrected chi connectivity index (χ3v) is 3.90. The minimum absolute atomic E-state index is 0.199. The minimum atomic E-state index is -0.199. The Morgan fingerprint density at radius 2 is 1.96 bits per heavy atom. The van der Waals surface area contributed by atoms with Gasteiger partial charge in [0.1, 0.15) is 5.75 Å². The lowest BCUT2D eigenvalue weighted by atomic mass is 10.2. The summed E-state index contributed by atoms with van der Waals surface area (Å²) in [6.45, 7) is 0.540. The molecule has 1 amide bonds. The van der Waals surface area contributed by atoms with Gasteiger partial charge in [0.25, 0.3) is 5.91 Å². The average Bonchev–Trinajstić information content (AvgIpc) is 3.04. The molecule has 0 saturated carbocycles. The number of hydrogen-bond acceptors (Lipinski definition) is 3. The highest BCUT2D eigenvalue weighted by Crippen LogP contribution is 2.17. The van der Waals surface area contributed by atoms with Crippen LogP contribution in [0.15, 0.2) is 60.9 Å². The maximum Gasteiger partial charge on any atom is 0.255 e. The Balaban J connectivity index is 1.67. The topological polar surface area (TPSA) is 56.1 Å². The van der Waals surface area contributed by atoms with Crippen molar-refractivity contribution < 1.29 is 9.53 Å². The van der Waals surface area contributed by atoms with E-state index in [4.69, 9.17) is 16.3 Å². The van der Waals surface area contributed by atoms with E-state index in [1.165, 1.54) is 0 Å². The molecule has 0 aliphatic heterocycles. The molecule has 5 nitrogen and oxygen atoms in total. The maximum absolute atomic E-state index is 12.2. The number of halogens is 1. The summed E-state index contributed by atoms with van der Waals surface area (Å²) in [4.78, 5) is 12.2. The van der Waals surface area contributed by atoms with Gasteiger partial charge in [-0.25, -0.2) is 0 Å². The van der Waals surface area contributed by atoms with Gasteiger partial charge in [0.05, 0.1) is 25.5 Å². The zero-order valence-electron chi connectivity index (χ0n) is 13.1. The number of amides is 1. The number of methoxy groups -OCH3 is 1. The van der Waals surface area contributed by atoms with E-state index in [1.54, 1.807) is 48.5 Å². The van der Waals surface area contributed by atoms with E-state index >= 15 is 0 Å². The summed E-state index contributed by atoms with van der Waals surface area (Å²) in [6, 6.07) is 14.5. The van der Waals surface area contributed by atoms with Gasteiger partial charge in [-0.1, -0.05) is 29.8 Å². The molecule has 6 heteroatoms. The summed E-state index contributed by atoms with van der Waals surface area (Å²) in [5.41, 5.74) is 2.15. The summed E-state index contributed by atoms with van der Waals surface area (Å²) in [5, 5.41) is 7.76. The van der Waals surface area contributed by atoms with Gasteiger partial charge < -0.3 is 10.1 Å². The highest BCUT2D eigenvalue weighted by atomic mass is 35.5. The lowest BCUT2D eigenvalue weighted by Crippen LogP contribution is -2.11. The lowest BCUT2D eigenvalue weighted by Gasteiger charge is -2.05. The number of rotatable bonds is 5. The molecule has 1 N–H and O–H groups in total. The van der Waals surface area contributed by atoms with Gasteiger partial charge in [0.15, 0.2) is 0 Å². The number of aromatic nitrogens is 2. The van der Waals surface area contributed by atoms with Crippen molar-refractivity contribution in [2.24, 2.45) is 0 Å². The first-order chi connectivity index (χ1) is 11.7. The van der Waals surface area contributed by atoms with Crippen LogP contribution in [0.2, 0.25) is 5.02 Å². The Hall–Kier alpha value is -2.79. The zero-order valence-corrected chi connectivity index (χ0v) is 13.8. The minimum Gasteiger partial charge on any atom is -0.497 e. The number of nitrogens with one attached hydrogen (secondary N) is 1. The Morgan fingerprint density at radius 3 is 2.67 bits per heavy atom. The molecule has 1 heterocycles. The van der Waals surface area contributed by atoms with Crippen molar-refractivity contribution in [1.29, 1.82) is 0 Å².